The van der Waals surface area contributed by atoms with Crippen LogP contribution in [0.5, 0.6) is 0 Å². The molecule has 1 atom stereocenters. The molecule has 1 unspecified atom stereocenters. The predicted molar refractivity (Wildman–Crippen MR) is 65.7 cm³/mol. The molecule has 1 heterocycles. The van der Waals surface area contributed by atoms with Crippen LogP contribution in [0, 0.1) is 6.92 Å². The molecule has 0 saturated carbocycles. The highest BCUT2D eigenvalue weighted by atomic mass is 16.3. The molecule has 2 N–H and O–H groups in total. The molecule has 1 aromatic rings. The third-order valence-corrected chi connectivity index (χ3v) is 2.93. The quantitative estimate of drug-likeness (QED) is 0.756. The molecule has 5 heteroatoms. The molecule has 0 spiro atoms. The Morgan fingerprint density at radius 3 is 2.69 bits per heavy atom. The number of hydrogen-bond acceptors (Lipinski definition) is 4. The van der Waals surface area contributed by atoms with Gasteiger partial charge in [-0.25, -0.2) is 0 Å². The summed E-state index contributed by atoms with van der Waals surface area (Å²) in [5.41, 5.74) is 2.22. The van der Waals surface area contributed by atoms with Crippen LogP contribution in [0.1, 0.15) is 18.2 Å². The van der Waals surface area contributed by atoms with Gasteiger partial charge in [-0.15, -0.1) is 0 Å². The Bertz CT molecular complexity index is 348. The molecule has 0 aliphatic rings. The van der Waals surface area contributed by atoms with Crippen molar-refractivity contribution in [2.24, 2.45) is 7.05 Å². The first-order chi connectivity index (χ1) is 7.52. The van der Waals surface area contributed by atoms with Crippen molar-refractivity contribution < 1.29 is 5.11 Å². The second-order valence-electron chi connectivity index (χ2n) is 4.18. The predicted octanol–water partition coefficient (Wildman–Crippen LogP) is 0.265. The number of likely N-dealkylation sites (N-methyl/N-ethyl adjacent to an activating group) is 1. The molecule has 1 rings (SSSR count). The standard InChI is InChI=1S/C11H22N4O/c1-8(7-16)14(4)11-10(6-12-3)9(2)13-15(11)5/h8,12,16H,6-7H2,1-5H3. The van der Waals surface area contributed by atoms with E-state index in [-0.39, 0.29) is 12.6 Å². The van der Waals surface area contributed by atoms with Crippen molar-refractivity contribution in [2.45, 2.75) is 26.4 Å². The van der Waals surface area contributed by atoms with E-state index >= 15 is 0 Å². The maximum Gasteiger partial charge on any atom is 0.131 e. The minimum Gasteiger partial charge on any atom is -0.394 e. The average Bonchev–Trinajstić information content (AvgIpc) is 2.52. The first kappa shape index (κ1) is 13.0. The van der Waals surface area contributed by atoms with Crippen LogP contribution in [0.3, 0.4) is 0 Å². The smallest absolute Gasteiger partial charge is 0.131 e. The fourth-order valence-corrected chi connectivity index (χ4v) is 1.85. The molecule has 0 amide bonds. The highest BCUT2D eigenvalue weighted by Crippen LogP contribution is 2.23. The molecule has 5 nitrogen and oxygen atoms in total. The Morgan fingerprint density at radius 1 is 1.56 bits per heavy atom. The van der Waals surface area contributed by atoms with E-state index in [2.05, 4.69) is 15.3 Å². The Labute approximate surface area is 97.1 Å². The zero-order chi connectivity index (χ0) is 12.3. The lowest BCUT2D eigenvalue weighted by Crippen LogP contribution is -2.34. The van der Waals surface area contributed by atoms with Crippen LogP contribution in [0.4, 0.5) is 5.82 Å². The van der Waals surface area contributed by atoms with Crippen molar-refractivity contribution in [1.29, 1.82) is 0 Å². The number of aliphatic hydroxyl groups excluding tert-OH is 1. The summed E-state index contributed by atoms with van der Waals surface area (Å²) in [5, 5.41) is 16.8. The van der Waals surface area contributed by atoms with Crippen LogP contribution in [0.25, 0.3) is 0 Å². The number of aliphatic hydroxyl groups is 1. The summed E-state index contributed by atoms with van der Waals surface area (Å²) in [6, 6.07) is 0.0883. The Morgan fingerprint density at radius 2 is 2.19 bits per heavy atom. The number of anilines is 1. The monoisotopic (exact) mass is 226 g/mol. The highest BCUT2D eigenvalue weighted by Gasteiger charge is 2.19. The lowest BCUT2D eigenvalue weighted by Gasteiger charge is -2.26. The molecular weight excluding hydrogens is 204 g/mol. The molecule has 0 fully saturated rings. The normalized spacial score (nSPS) is 12.9. The summed E-state index contributed by atoms with van der Waals surface area (Å²) in [6.07, 6.45) is 0. The van der Waals surface area contributed by atoms with Crippen LogP contribution < -0.4 is 10.2 Å². The molecule has 0 aliphatic heterocycles. The van der Waals surface area contributed by atoms with Gasteiger partial charge in [0.05, 0.1) is 18.3 Å². The average molecular weight is 226 g/mol. The van der Waals surface area contributed by atoms with Crippen LogP contribution >= 0.6 is 0 Å². The van der Waals surface area contributed by atoms with E-state index in [1.807, 2.05) is 39.7 Å². The molecule has 16 heavy (non-hydrogen) atoms. The van der Waals surface area contributed by atoms with Gasteiger partial charge < -0.3 is 15.3 Å². The lowest BCUT2D eigenvalue weighted by atomic mass is 10.2. The number of aryl methyl sites for hydroxylation is 2. The summed E-state index contributed by atoms with van der Waals surface area (Å²) < 4.78 is 1.87. The molecule has 0 radical (unpaired) electrons. The third-order valence-electron chi connectivity index (χ3n) is 2.93. The van der Waals surface area contributed by atoms with Crippen molar-refractivity contribution in [3.05, 3.63) is 11.3 Å². The van der Waals surface area contributed by atoms with Gasteiger partial charge in [-0.05, 0) is 20.9 Å². The topological polar surface area (TPSA) is 53.3 Å². The van der Waals surface area contributed by atoms with E-state index in [4.69, 9.17) is 0 Å². The van der Waals surface area contributed by atoms with Crippen molar-refractivity contribution in [3.63, 3.8) is 0 Å². The van der Waals surface area contributed by atoms with E-state index in [1.165, 1.54) is 5.56 Å². The van der Waals surface area contributed by atoms with Gasteiger partial charge in [-0.3, -0.25) is 4.68 Å². The van der Waals surface area contributed by atoms with Gasteiger partial charge in [0.15, 0.2) is 0 Å². The maximum absolute atomic E-state index is 9.20. The Hall–Kier alpha value is -1.07. The van der Waals surface area contributed by atoms with E-state index in [1.54, 1.807) is 0 Å². The van der Waals surface area contributed by atoms with Crippen molar-refractivity contribution >= 4 is 5.82 Å². The summed E-state index contributed by atoms with van der Waals surface area (Å²) in [6.45, 7) is 4.93. The maximum atomic E-state index is 9.20. The summed E-state index contributed by atoms with van der Waals surface area (Å²) in [7, 11) is 5.84. The molecule has 1 aromatic heterocycles. The van der Waals surface area contributed by atoms with E-state index in [0.29, 0.717) is 0 Å². The summed E-state index contributed by atoms with van der Waals surface area (Å²) >= 11 is 0. The lowest BCUT2D eigenvalue weighted by molar-refractivity contribution is 0.269. The zero-order valence-corrected chi connectivity index (χ0v) is 10.8. The molecule has 0 saturated heterocycles. The van der Waals surface area contributed by atoms with E-state index < -0.39 is 0 Å². The van der Waals surface area contributed by atoms with Crippen LogP contribution in [0.15, 0.2) is 0 Å². The van der Waals surface area contributed by atoms with Crippen LogP contribution in [0.2, 0.25) is 0 Å². The number of nitrogens with one attached hydrogen (secondary N) is 1. The van der Waals surface area contributed by atoms with Gasteiger partial charge in [0.25, 0.3) is 0 Å². The van der Waals surface area contributed by atoms with Crippen molar-refractivity contribution in [2.75, 3.05) is 25.6 Å². The number of rotatable bonds is 5. The van der Waals surface area contributed by atoms with Crippen LogP contribution in [-0.4, -0.2) is 41.6 Å². The Balaban J connectivity index is 3.10. The third kappa shape index (κ3) is 2.36. The van der Waals surface area contributed by atoms with Crippen molar-refractivity contribution in [1.82, 2.24) is 15.1 Å². The molecule has 0 aromatic carbocycles. The number of hydrogen-bond donors (Lipinski definition) is 2. The number of aromatic nitrogens is 2. The van der Waals surface area contributed by atoms with Gasteiger partial charge in [0.2, 0.25) is 0 Å². The molecule has 92 valence electrons. The number of nitrogens with zero attached hydrogens (tertiary/aromatic N) is 3. The van der Waals surface area contributed by atoms with E-state index in [9.17, 15) is 5.11 Å². The van der Waals surface area contributed by atoms with Gasteiger partial charge in [0.1, 0.15) is 5.82 Å². The summed E-state index contributed by atoms with van der Waals surface area (Å²) in [5.74, 6) is 1.06. The minimum absolute atomic E-state index is 0.0883. The molecule has 0 bridgehead atoms. The molecular formula is C11H22N4O. The van der Waals surface area contributed by atoms with Crippen molar-refractivity contribution in [3.8, 4) is 0 Å². The largest absolute Gasteiger partial charge is 0.394 e. The van der Waals surface area contributed by atoms with Gasteiger partial charge in [-0.2, -0.15) is 5.10 Å². The van der Waals surface area contributed by atoms with Gasteiger partial charge in [0, 0.05) is 26.2 Å². The fraction of sp³-hybridized carbons (Fsp3) is 0.727. The SMILES string of the molecule is CNCc1c(C)nn(C)c1N(C)C(C)CO. The first-order valence-corrected chi connectivity index (χ1v) is 5.53. The van der Waals surface area contributed by atoms with Gasteiger partial charge in [-0.1, -0.05) is 0 Å². The van der Waals surface area contributed by atoms with Gasteiger partial charge >= 0.3 is 0 Å². The summed E-state index contributed by atoms with van der Waals surface area (Å²) in [4.78, 5) is 2.06. The molecule has 0 aliphatic carbocycles. The second kappa shape index (κ2) is 5.32. The second-order valence-corrected chi connectivity index (χ2v) is 4.18. The fourth-order valence-electron chi connectivity index (χ4n) is 1.85. The minimum atomic E-state index is 0.0883. The highest BCUT2D eigenvalue weighted by molar-refractivity contribution is 5.50. The zero-order valence-electron chi connectivity index (χ0n) is 10.8. The van der Waals surface area contributed by atoms with E-state index in [0.717, 1.165) is 18.1 Å². The first-order valence-electron chi connectivity index (χ1n) is 5.53. The van der Waals surface area contributed by atoms with Crippen LogP contribution in [-0.2, 0) is 13.6 Å². The Kier molecular flexibility index (Phi) is 4.32.